The fourth-order valence-electron chi connectivity index (χ4n) is 2.42. The number of hydrogen-bond donors (Lipinski definition) is 2. The summed E-state index contributed by atoms with van der Waals surface area (Å²) in [5.41, 5.74) is 3.09. The lowest BCUT2D eigenvalue weighted by molar-refractivity contribution is -0.122. The molecular formula is C16H19N5O. The first-order chi connectivity index (χ1) is 10.6. The summed E-state index contributed by atoms with van der Waals surface area (Å²) in [6.45, 7) is 4.41. The number of nitrogens with one attached hydrogen (secondary N) is 2. The number of benzene rings is 1. The smallest absolute Gasteiger partial charge is 0.222 e. The minimum absolute atomic E-state index is 0.0142. The van der Waals surface area contributed by atoms with Gasteiger partial charge >= 0.3 is 0 Å². The van der Waals surface area contributed by atoms with Gasteiger partial charge in [-0.3, -0.25) is 9.48 Å². The third kappa shape index (κ3) is 3.16. The van der Waals surface area contributed by atoms with Gasteiger partial charge in [0.1, 0.15) is 5.82 Å². The van der Waals surface area contributed by atoms with Crippen LogP contribution < -0.4 is 5.32 Å². The summed E-state index contributed by atoms with van der Waals surface area (Å²) >= 11 is 0. The van der Waals surface area contributed by atoms with Crippen LogP contribution in [0.25, 0.3) is 11.0 Å². The number of carbonyl (C=O) groups is 1. The standard InChI is InChI=1S/C16H19N5O/c1-11-4-5-13-14(8-11)20-15(19-13)10-17-16(22)9-12(2)21-7-3-6-18-21/h3-8,12H,9-10H2,1-2H3,(H,17,22)(H,19,20). The maximum absolute atomic E-state index is 12.0. The molecule has 22 heavy (non-hydrogen) atoms. The highest BCUT2D eigenvalue weighted by Gasteiger charge is 2.11. The van der Waals surface area contributed by atoms with E-state index in [4.69, 9.17) is 0 Å². The van der Waals surface area contributed by atoms with Crippen molar-refractivity contribution < 1.29 is 4.79 Å². The summed E-state index contributed by atoms with van der Waals surface area (Å²) in [4.78, 5) is 19.7. The van der Waals surface area contributed by atoms with Gasteiger partial charge in [-0.05, 0) is 37.6 Å². The highest BCUT2D eigenvalue weighted by molar-refractivity contribution is 5.77. The zero-order chi connectivity index (χ0) is 15.5. The minimum atomic E-state index is -0.0142. The molecule has 0 aliphatic carbocycles. The monoisotopic (exact) mass is 297 g/mol. The average molecular weight is 297 g/mol. The summed E-state index contributed by atoms with van der Waals surface area (Å²) < 4.78 is 1.78. The molecule has 1 unspecified atom stereocenters. The van der Waals surface area contributed by atoms with Gasteiger partial charge in [0.25, 0.3) is 0 Å². The fourth-order valence-corrected chi connectivity index (χ4v) is 2.42. The van der Waals surface area contributed by atoms with Gasteiger partial charge in [-0.2, -0.15) is 5.10 Å². The summed E-state index contributed by atoms with van der Waals surface area (Å²) in [6, 6.07) is 7.94. The number of hydrogen-bond acceptors (Lipinski definition) is 3. The summed E-state index contributed by atoms with van der Waals surface area (Å²) in [5, 5.41) is 7.04. The quantitative estimate of drug-likeness (QED) is 0.759. The normalized spacial score (nSPS) is 12.5. The van der Waals surface area contributed by atoms with Crippen molar-refractivity contribution in [3.8, 4) is 0 Å². The van der Waals surface area contributed by atoms with Crippen molar-refractivity contribution in [3.63, 3.8) is 0 Å². The van der Waals surface area contributed by atoms with Gasteiger partial charge in [0.2, 0.25) is 5.91 Å². The second kappa shape index (κ2) is 6.01. The Morgan fingerprint density at radius 2 is 2.32 bits per heavy atom. The molecule has 0 aliphatic heterocycles. The summed E-state index contributed by atoms with van der Waals surface area (Å²) in [7, 11) is 0. The van der Waals surface area contributed by atoms with Crippen molar-refractivity contribution in [3.05, 3.63) is 48.0 Å². The second-order valence-electron chi connectivity index (χ2n) is 5.52. The number of aromatic nitrogens is 4. The Labute approximate surface area is 128 Å². The number of rotatable bonds is 5. The molecule has 1 atom stereocenters. The molecule has 1 aromatic carbocycles. The number of aromatic amines is 1. The Kier molecular flexibility index (Phi) is 3.91. The summed E-state index contributed by atoms with van der Waals surface area (Å²) in [5.74, 6) is 0.750. The van der Waals surface area contributed by atoms with E-state index in [1.54, 1.807) is 10.9 Å². The Morgan fingerprint density at radius 1 is 1.45 bits per heavy atom. The molecule has 0 bridgehead atoms. The Hall–Kier alpha value is -2.63. The van der Waals surface area contributed by atoms with Crippen LogP contribution in [-0.2, 0) is 11.3 Å². The first kappa shape index (κ1) is 14.3. The third-order valence-corrected chi connectivity index (χ3v) is 3.60. The third-order valence-electron chi connectivity index (χ3n) is 3.60. The van der Waals surface area contributed by atoms with E-state index in [2.05, 4.69) is 20.4 Å². The molecule has 0 spiro atoms. The van der Waals surface area contributed by atoms with E-state index < -0.39 is 0 Å². The van der Waals surface area contributed by atoms with E-state index in [1.165, 1.54) is 5.56 Å². The molecule has 0 saturated heterocycles. The largest absolute Gasteiger partial charge is 0.349 e. The molecule has 0 saturated carbocycles. The van der Waals surface area contributed by atoms with Crippen LogP contribution in [0.5, 0.6) is 0 Å². The van der Waals surface area contributed by atoms with Crippen LogP contribution >= 0.6 is 0 Å². The predicted octanol–water partition coefficient (Wildman–Crippen LogP) is 2.34. The fraction of sp³-hybridized carbons (Fsp3) is 0.312. The number of H-pyrrole nitrogens is 1. The van der Waals surface area contributed by atoms with E-state index in [-0.39, 0.29) is 11.9 Å². The molecule has 2 heterocycles. The van der Waals surface area contributed by atoms with E-state index in [0.717, 1.165) is 16.9 Å². The second-order valence-corrected chi connectivity index (χ2v) is 5.52. The lowest BCUT2D eigenvalue weighted by atomic mass is 10.2. The molecule has 2 N–H and O–H groups in total. The van der Waals surface area contributed by atoms with Crippen LogP contribution in [0.3, 0.4) is 0 Å². The van der Waals surface area contributed by atoms with E-state index >= 15 is 0 Å². The molecule has 1 amide bonds. The molecule has 2 aromatic heterocycles. The lowest BCUT2D eigenvalue weighted by Gasteiger charge is -2.11. The predicted molar refractivity (Wildman–Crippen MR) is 84.2 cm³/mol. The molecule has 0 fully saturated rings. The SMILES string of the molecule is Cc1ccc2nc(CNC(=O)CC(C)n3cccn3)[nH]c2c1. The maximum atomic E-state index is 12.0. The molecule has 0 radical (unpaired) electrons. The van der Waals surface area contributed by atoms with Crippen LogP contribution in [0.4, 0.5) is 0 Å². The Morgan fingerprint density at radius 3 is 3.09 bits per heavy atom. The Bertz CT molecular complexity index is 775. The van der Waals surface area contributed by atoms with Crippen molar-refractivity contribution >= 4 is 16.9 Å². The van der Waals surface area contributed by atoms with Crippen LogP contribution in [0.1, 0.15) is 30.8 Å². The number of amides is 1. The lowest BCUT2D eigenvalue weighted by Crippen LogP contribution is -2.26. The molecule has 0 aliphatic rings. The molecule has 3 rings (SSSR count). The first-order valence-corrected chi connectivity index (χ1v) is 7.33. The van der Waals surface area contributed by atoms with Crippen molar-refractivity contribution in [1.29, 1.82) is 0 Å². The zero-order valence-electron chi connectivity index (χ0n) is 12.7. The number of nitrogens with zero attached hydrogens (tertiary/aromatic N) is 3. The van der Waals surface area contributed by atoms with Crippen LogP contribution in [-0.4, -0.2) is 25.7 Å². The van der Waals surface area contributed by atoms with Crippen LogP contribution in [0.2, 0.25) is 0 Å². The van der Waals surface area contributed by atoms with Gasteiger partial charge in [-0.15, -0.1) is 0 Å². The number of fused-ring (bicyclic) bond motifs is 1. The summed E-state index contributed by atoms with van der Waals surface area (Å²) in [6.07, 6.45) is 3.96. The molecule has 3 aromatic rings. The topological polar surface area (TPSA) is 75.6 Å². The molecular weight excluding hydrogens is 278 g/mol. The van der Waals surface area contributed by atoms with Gasteiger partial charge in [0.15, 0.2) is 0 Å². The van der Waals surface area contributed by atoms with Gasteiger partial charge in [-0.1, -0.05) is 6.07 Å². The highest BCUT2D eigenvalue weighted by Crippen LogP contribution is 2.13. The van der Waals surface area contributed by atoms with Crippen molar-refractivity contribution in [2.75, 3.05) is 0 Å². The maximum Gasteiger partial charge on any atom is 0.222 e. The van der Waals surface area contributed by atoms with Crippen molar-refractivity contribution in [1.82, 2.24) is 25.1 Å². The first-order valence-electron chi connectivity index (χ1n) is 7.33. The number of carbonyl (C=O) groups excluding carboxylic acids is 1. The van der Waals surface area contributed by atoms with Crippen LogP contribution in [0, 0.1) is 6.92 Å². The molecule has 6 heteroatoms. The van der Waals surface area contributed by atoms with Crippen molar-refractivity contribution in [2.24, 2.45) is 0 Å². The van der Waals surface area contributed by atoms with E-state index in [9.17, 15) is 4.79 Å². The van der Waals surface area contributed by atoms with Crippen molar-refractivity contribution in [2.45, 2.75) is 32.9 Å². The number of aryl methyl sites for hydroxylation is 1. The average Bonchev–Trinajstić information content (AvgIpc) is 3.13. The Balaban J connectivity index is 1.58. The minimum Gasteiger partial charge on any atom is -0.349 e. The van der Waals surface area contributed by atoms with Gasteiger partial charge < -0.3 is 10.3 Å². The number of imidazole rings is 1. The van der Waals surface area contributed by atoms with Gasteiger partial charge in [0, 0.05) is 18.8 Å². The van der Waals surface area contributed by atoms with E-state index in [0.29, 0.717) is 13.0 Å². The van der Waals surface area contributed by atoms with Gasteiger partial charge in [0.05, 0.1) is 23.6 Å². The van der Waals surface area contributed by atoms with Gasteiger partial charge in [-0.25, -0.2) is 4.98 Å². The van der Waals surface area contributed by atoms with Crippen LogP contribution in [0.15, 0.2) is 36.7 Å². The highest BCUT2D eigenvalue weighted by atomic mass is 16.1. The van der Waals surface area contributed by atoms with E-state index in [1.807, 2.05) is 44.3 Å². The molecule has 6 nitrogen and oxygen atoms in total. The zero-order valence-corrected chi connectivity index (χ0v) is 12.7. The molecule has 114 valence electrons.